The quantitative estimate of drug-likeness (QED) is 0.625. The standard InChI is InChI=1S/C19H17N3O/c1-23-18-13-12-17(14-20-18)21-22-19(15-8-4-2-5-9-15)16-10-6-3-7-11-16/h2-14,19H,1H3. The zero-order chi connectivity index (χ0) is 15.9. The molecule has 0 fully saturated rings. The van der Waals surface area contributed by atoms with Gasteiger partial charge in [-0.05, 0) is 17.2 Å². The van der Waals surface area contributed by atoms with E-state index in [0.717, 1.165) is 11.1 Å². The SMILES string of the molecule is COc1ccc(N=NC(c2ccccc2)c2ccccc2)cn1. The highest BCUT2D eigenvalue weighted by molar-refractivity contribution is 5.36. The fourth-order valence-electron chi connectivity index (χ4n) is 2.27. The zero-order valence-electron chi connectivity index (χ0n) is 12.8. The highest BCUT2D eigenvalue weighted by Crippen LogP contribution is 2.27. The minimum Gasteiger partial charge on any atom is -0.481 e. The van der Waals surface area contributed by atoms with Gasteiger partial charge in [-0.2, -0.15) is 10.2 Å². The molecule has 0 atom stereocenters. The molecule has 3 aromatic rings. The number of rotatable bonds is 5. The lowest BCUT2D eigenvalue weighted by atomic mass is 10.00. The lowest BCUT2D eigenvalue weighted by Gasteiger charge is -2.12. The Bertz CT molecular complexity index is 716. The fraction of sp³-hybridized carbons (Fsp3) is 0.105. The topological polar surface area (TPSA) is 46.8 Å². The summed E-state index contributed by atoms with van der Waals surface area (Å²) in [5, 5.41) is 8.88. The molecule has 0 aliphatic carbocycles. The molecule has 0 saturated heterocycles. The Kier molecular flexibility index (Phi) is 4.74. The number of methoxy groups -OCH3 is 1. The summed E-state index contributed by atoms with van der Waals surface area (Å²) in [6.07, 6.45) is 1.65. The van der Waals surface area contributed by atoms with Gasteiger partial charge in [-0.1, -0.05) is 60.7 Å². The van der Waals surface area contributed by atoms with Crippen LogP contribution in [0.5, 0.6) is 5.88 Å². The van der Waals surface area contributed by atoms with E-state index in [1.54, 1.807) is 19.4 Å². The summed E-state index contributed by atoms with van der Waals surface area (Å²) in [6.45, 7) is 0. The van der Waals surface area contributed by atoms with Crippen molar-refractivity contribution in [2.45, 2.75) is 6.04 Å². The summed E-state index contributed by atoms with van der Waals surface area (Å²) in [7, 11) is 1.59. The molecule has 0 radical (unpaired) electrons. The normalized spacial score (nSPS) is 11.0. The maximum Gasteiger partial charge on any atom is 0.213 e. The molecule has 0 aliphatic rings. The number of aromatic nitrogens is 1. The van der Waals surface area contributed by atoms with Crippen LogP contribution in [0.4, 0.5) is 5.69 Å². The van der Waals surface area contributed by atoms with Crippen molar-refractivity contribution < 1.29 is 4.74 Å². The first-order valence-electron chi connectivity index (χ1n) is 7.37. The molecule has 0 N–H and O–H groups in total. The zero-order valence-corrected chi connectivity index (χ0v) is 12.8. The molecule has 2 aromatic carbocycles. The summed E-state index contributed by atoms with van der Waals surface area (Å²) in [4.78, 5) is 4.14. The van der Waals surface area contributed by atoms with Gasteiger partial charge in [0.15, 0.2) is 0 Å². The number of pyridine rings is 1. The van der Waals surface area contributed by atoms with Crippen LogP contribution in [0.1, 0.15) is 17.2 Å². The third kappa shape index (κ3) is 3.80. The fourth-order valence-corrected chi connectivity index (χ4v) is 2.27. The Morgan fingerprint density at radius 1 is 0.826 bits per heavy atom. The van der Waals surface area contributed by atoms with Crippen LogP contribution in [0.3, 0.4) is 0 Å². The van der Waals surface area contributed by atoms with Crippen molar-refractivity contribution in [1.29, 1.82) is 0 Å². The minimum absolute atomic E-state index is 0.139. The molecular weight excluding hydrogens is 286 g/mol. The van der Waals surface area contributed by atoms with Crippen LogP contribution in [0.25, 0.3) is 0 Å². The second-order valence-corrected chi connectivity index (χ2v) is 5.00. The summed E-state index contributed by atoms with van der Waals surface area (Å²) in [5.74, 6) is 0.562. The average molecular weight is 303 g/mol. The second-order valence-electron chi connectivity index (χ2n) is 5.00. The molecule has 0 spiro atoms. The molecule has 0 unspecified atom stereocenters. The van der Waals surface area contributed by atoms with E-state index in [4.69, 9.17) is 4.74 Å². The maximum absolute atomic E-state index is 5.05. The first-order valence-corrected chi connectivity index (χ1v) is 7.37. The highest BCUT2D eigenvalue weighted by Gasteiger charge is 2.12. The third-order valence-corrected chi connectivity index (χ3v) is 3.45. The lowest BCUT2D eigenvalue weighted by molar-refractivity contribution is 0.398. The van der Waals surface area contributed by atoms with Crippen molar-refractivity contribution in [3.05, 3.63) is 90.1 Å². The number of azo groups is 1. The van der Waals surface area contributed by atoms with E-state index in [-0.39, 0.29) is 6.04 Å². The van der Waals surface area contributed by atoms with Crippen LogP contribution < -0.4 is 4.74 Å². The Morgan fingerprint density at radius 3 is 1.91 bits per heavy atom. The third-order valence-electron chi connectivity index (χ3n) is 3.45. The van der Waals surface area contributed by atoms with Gasteiger partial charge in [0.1, 0.15) is 11.7 Å². The molecule has 1 aromatic heterocycles. The number of hydrogen-bond donors (Lipinski definition) is 0. The van der Waals surface area contributed by atoms with Gasteiger partial charge >= 0.3 is 0 Å². The molecule has 0 aliphatic heterocycles. The van der Waals surface area contributed by atoms with Crippen molar-refractivity contribution >= 4 is 5.69 Å². The van der Waals surface area contributed by atoms with Crippen LogP contribution in [-0.4, -0.2) is 12.1 Å². The number of hydrogen-bond acceptors (Lipinski definition) is 4. The van der Waals surface area contributed by atoms with E-state index < -0.39 is 0 Å². The van der Waals surface area contributed by atoms with Crippen LogP contribution >= 0.6 is 0 Å². The van der Waals surface area contributed by atoms with Crippen LogP contribution in [0.2, 0.25) is 0 Å². The summed E-state index contributed by atoms with van der Waals surface area (Å²) < 4.78 is 5.05. The van der Waals surface area contributed by atoms with E-state index in [1.807, 2.05) is 42.5 Å². The van der Waals surface area contributed by atoms with E-state index >= 15 is 0 Å². The molecule has 114 valence electrons. The van der Waals surface area contributed by atoms with Gasteiger partial charge in [-0.3, -0.25) is 0 Å². The van der Waals surface area contributed by atoms with Gasteiger partial charge in [0.25, 0.3) is 0 Å². The average Bonchev–Trinajstić information content (AvgIpc) is 2.64. The Morgan fingerprint density at radius 2 is 1.43 bits per heavy atom. The van der Waals surface area contributed by atoms with Crippen molar-refractivity contribution in [1.82, 2.24) is 4.98 Å². The molecule has 1 heterocycles. The minimum atomic E-state index is -0.139. The number of benzene rings is 2. The second kappa shape index (κ2) is 7.31. The van der Waals surface area contributed by atoms with E-state index in [0.29, 0.717) is 11.6 Å². The van der Waals surface area contributed by atoms with Gasteiger partial charge in [0.2, 0.25) is 5.88 Å². The summed E-state index contributed by atoms with van der Waals surface area (Å²) in [5.41, 5.74) is 2.90. The van der Waals surface area contributed by atoms with Gasteiger partial charge in [-0.25, -0.2) is 4.98 Å². The molecule has 0 bridgehead atoms. The van der Waals surface area contributed by atoms with Gasteiger partial charge < -0.3 is 4.74 Å². The number of nitrogens with zero attached hydrogens (tertiary/aromatic N) is 3. The predicted molar refractivity (Wildman–Crippen MR) is 90.0 cm³/mol. The summed E-state index contributed by atoms with van der Waals surface area (Å²) >= 11 is 0. The predicted octanol–water partition coefficient (Wildman–Crippen LogP) is 4.96. The van der Waals surface area contributed by atoms with Crippen molar-refractivity contribution in [3.8, 4) is 5.88 Å². The number of ether oxygens (including phenoxy) is 1. The van der Waals surface area contributed by atoms with Crippen LogP contribution in [-0.2, 0) is 0 Å². The molecule has 4 nitrogen and oxygen atoms in total. The van der Waals surface area contributed by atoms with Gasteiger partial charge in [0, 0.05) is 6.07 Å². The summed E-state index contributed by atoms with van der Waals surface area (Å²) in [6, 6.07) is 23.7. The van der Waals surface area contributed by atoms with Crippen molar-refractivity contribution in [2.75, 3.05) is 7.11 Å². The Balaban J connectivity index is 1.91. The molecule has 4 heteroatoms. The van der Waals surface area contributed by atoms with E-state index in [1.165, 1.54) is 0 Å². The van der Waals surface area contributed by atoms with Gasteiger partial charge in [-0.15, -0.1) is 0 Å². The lowest BCUT2D eigenvalue weighted by Crippen LogP contribution is -1.96. The van der Waals surface area contributed by atoms with Crippen LogP contribution in [0, 0.1) is 0 Å². The molecule has 23 heavy (non-hydrogen) atoms. The molecular formula is C19H17N3O. The van der Waals surface area contributed by atoms with Gasteiger partial charge in [0.05, 0.1) is 13.3 Å². The smallest absolute Gasteiger partial charge is 0.213 e. The maximum atomic E-state index is 5.05. The van der Waals surface area contributed by atoms with Crippen molar-refractivity contribution in [2.24, 2.45) is 10.2 Å². The monoisotopic (exact) mass is 303 g/mol. The Labute approximate surface area is 135 Å². The Hall–Kier alpha value is -3.01. The van der Waals surface area contributed by atoms with Crippen LogP contribution in [0.15, 0.2) is 89.2 Å². The molecule has 0 amide bonds. The molecule has 0 saturated carbocycles. The first kappa shape index (κ1) is 14.9. The van der Waals surface area contributed by atoms with Crippen molar-refractivity contribution in [3.63, 3.8) is 0 Å². The molecule has 3 rings (SSSR count). The first-order chi connectivity index (χ1) is 11.4. The van der Waals surface area contributed by atoms with E-state index in [9.17, 15) is 0 Å². The largest absolute Gasteiger partial charge is 0.481 e. The van der Waals surface area contributed by atoms with E-state index in [2.05, 4.69) is 39.5 Å². The highest BCUT2D eigenvalue weighted by atomic mass is 16.5.